The van der Waals surface area contributed by atoms with Crippen LogP contribution in [0.5, 0.6) is 0 Å². The van der Waals surface area contributed by atoms with Crippen molar-refractivity contribution in [2.75, 3.05) is 5.32 Å². The standard InChI is InChI=1S/C20H22N4O3S2/c1-14-16(17-21-12-13-24(17)2)28-19(22-14)23-18(25)20(10-6-7-11-20)29(26,27)15-8-4-3-5-9-15/h3-5,8-9,12-13H,6-7,10-11H2,1-2H3,(H,22,23,25). The first kappa shape index (κ1) is 19.8. The quantitative estimate of drug-likeness (QED) is 0.668. The van der Waals surface area contributed by atoms with Crippen LogP contribution in [0.15, 0.2) is 47.6 Å². The van der Waals surface area contributed by atoms with E-state index in [-0.39, 0.29) is 4.90 Å². The molecule has 1 aliphatic rings. The number of benzene rings is 1. The summed E-state index contributed by atoms with van der Waals surface area (Å²) in [7, 11) is -1.94. The lowest BCUT2D eigenvalue weighted by Gasteiger charge is -2.27. The first-order chi connectivity index (χ1) is 13.8. The van der Waals surface area contributed by atoms with Crippen LogP contribution < -0.4 is 5.32 Å². The number of imidazole rings is 1. The van der Waals surface area contributed by atoms with Crippen LogP contribution in [0.1, 0.15) is 31.4 Å². The van der Waals surface area contributed by atoms with Gasteiger partial charge < -0.3 is 9.88 Å². The summed E-state index contributed by atoms with van der Waals surface area (Å²) in [5, 5.41) is 3.18. The molecule has 3 aromatic rings. The summed E-state index contributed by atoms with van der Waals surface area (Å²) in [4.78, 5) is 23.1. The first-order valence-corrected chi connectivity index (χ1v) is 11.7. The lowest BCUT2D eigenvalue weighted by molar-refractivity contribution is -0.118. The van der Waals surface area contributed by atoms with Gasteiger partial charge in [-0.05, 0) is 31.9 Å². The van der Waals surface area contributed by atoms with E-state index in [4.69, 9.17) is 0 Å². The van der Waals surface area contributed by atoms with Crippen molar-refractivity contribution in [2.45, 2.75) is 42.2 Å². The normalized spacial score (nSPS) is 16.1. The van der Waals surface area contributed by atoms with Crippen LogP contribution in [0.2, 0.25) is 0 Å². The molecule has 0 saturated heterocycles. The van der Waals surface area contributed by atoms with Crippen LogP contribution in [0.3, 0.4) is 0 Å². The predicted molar refractivity (Wildman–Crippen MR) is 113 cm³/mol. The molecule has 4 rings (SSSR count). The van der Waals surface area contributed by atoms with E-state index in [0.717, 1.165) is 16.4 Å². The Morgan fingerprint density at radius 2 is 1.90 bits per heavy atom. The number of carbonyl (C=O) groups is 1. The average Bonchev–Trinajstić information content (AvgIpc) is 3.43. The molecule has 0 aliphatic heterocycles. The molecule has 1 aromatic carbocycles. The largest absolute Gasteiger partial charge is 0.333 e. The van der Waals surface area contributed by atoms with Crippen molar-refractivity contribution in [3.8, 4) is 10.7 Å². The zero-order valence-corrected chi connectivity index (χ0v) is 17.9. The highest BCUT2D eigenvalue weighted by Crippen LogP contribution is 2.42. The fourth-order valence-electron chi connectivity index (χ4n) is 3.84. The maximum atomic E-state index is 13.4. The van der Waals surface area contributed by atoms with Crippen molar-refractivity contribution in [1.29, 1.82) is 0 Å². The molecule has 0 bridgehead atoms. The van der Waals surface area contributed by atoms with Gasteiger partial charge in [-0.3, -0.25) is 4.79 Å². The van der Waals surface area contributed by atoms with Crippen molar-refractivity contribution in [3.63, 3.8) is 0 Å². The van der Waals surface area contributed by atoms with Crippen molar-refractivity contribution in [2.24, 2.45) is 7.05 Å². The summed E-state index contributed by atoms with van der Waals surface area (Å²) in [5.74, 6) is 0.256. The molecule has 2 heterocycles. The van der Waals surface area contributed by atoms with Crippen LogP contribution in [-0.2, 0) is 21.7 Å². The van der Waals surface area contributed by atoms with E-state index in [1.54, 1.807) is 36.5 Å². The second-order valence-electron chi connectivity index (χ2n) is 7.27. The third kappa shape index (κ3) is 3.28. The van der Waals surface area contributed by atoms with Gasteiger partial charge in [0.05, 0.1) is 15.5 Å². The van der Waals surface area contributed by atoms with Crippen molar-refractivity contribution >= 4 is 32.2 Å². The molecule has 0 unspecified atom stereocenters. The van der Waals surface area contributed by atoms with Gasteiger partial charge in [0.1, 0.15) is 0 Å². The van der Waals surface area contributed by atoms with Gasteiger partial charge >= 0.3 is 0 Å². The van der Waals surface area contributed by atoms with Crippen LogP contribution in [0.25, 0.3) is 10.7 Å². The second kappa shape index (κ2) is 7.38. The van der Waals surface area contributed by atoms with Gasteiger partial charge in [0, 0.05) is 19.4 Å². The van der Waals surface area contributed by atoms with Gasteiger partial charge in [-0.1, -0.05) is 42.4 Å². The SMILES string of the molecule is Cc1nc(NC(=O)C2(S(=O)(=O)c3ccccc3)CCCC2)sc1-c1nccn1C. The van der Waals surface area contributed by atoms with Crippen LogP contribution >= 0.6 is 11.3 Å². The monoisotopic (exact) mass is 430 g/mol. The highest BCUT2D eigenvalue weighted by molar-refractivity contribution is 7.93. The Morgan fingerprint density at radius 1 is 1.21 bits per heavy atom. The highest BCUT2D eigenvalue weighted by atomic mass is 32.2. The zero-order chi connectivity index (χ0) is 20.6. The third-order valence-electron chi connectivity index (χ3n) is 5.43. The lowest BCUT2D eigenvalue weighted by Crippen LogP contribution is -2.47. The minimum atomic E-state index is -3.82. The van der Waals surface area contributed by atoms with Crippen molar-refractivity contribution in [1.82, 2.24) is 14.5 Å². The Kier molecular flexibility index (Phi) is 5.04. The summed E-state index contributed by atoms with van der Waals surface area (Å²) in [6.45, 7) is 1.85. The van der Waals surface area contributed by atoms with Gasteiger partial charge in [-0.25, -0.2) is 18.4 Å². The fourth-order valence-corrected chi connectivity index (χ4v) is 6.93. The molecule has 7 nitrogen and oxygen atoms in total. The number of rotatable bonds is 5. The maximum Gasteiger partial charge on any atom is 0.248 e. The second-order valence-corrected chi connectivity index (χ2v) is 10.5. The number of amides is 1. The third-order valence-corrected chi connectivity index (χ3v) is 9.02. The number of anilines is 1. The Hall–Kier alpha value is -2.52. The Bertz CT molecular complexity index is 1140. The van der Waals surface area contributed by atoms with Crippen LogP contribution in [0.4, 0.5) is 5.13 Å². The van der Waals surface area contributed by atoms with Gasteiger partial charge in [-0.2, -0.15) is 0 Å². The topological polar surface area (TPSA) is 93.9 Å². The van der Waals surface area contributed by atoms with E-state index in [0.29, 0.717) is 30.8 Å². The molecule has 1 amide bonds. The summed E-state index contributed by atoms with van der Waals surface area (Å²) in [6.07, 6.45) is 5.57. The molecule has 1 fully saturated rings. The van der Waals surface area contributed by atoms with Gasteiger partial charge in [0.15, 0.2) is 25.5 Å². The van der Waals surface area contributed by atoms with E-state index in [9.17, 15) is 13.2 Å². The number of thiazole rings is 1. The van der Waals surface area contributed by atoms with E-state index >= 15 is 0 Å². The van der Waals surface area contributed by atoms with Gasteiger partial charge in [0.2, 0.25) is 5.91 Å². The molecule has 0 spiro atoms. The van der Waals surface area contributed by atoms with Gasteiger partial charge in [-0.15, -0.1) is 0 Å². The number of hydrogen-bond donors (Lipinski definition) is 1. The fraction of sp³-hybridized carbons (Fsp3) is 0.350. The molecule has 2 aromatic heterocycles. The molecular formula is C20H22N4O3S2. The molecule has 1 N–H and O–H groups in total. The minimum Gasteiger partial charge on any atom is -0.333 e. The van der Waals surface area contributed by atoms with Crippen LogP contribution in [0, 0.1) is 6.92 Å². The molecule has 29 heavy (non-hydrogen) atoms. The summed E-state index contributed by atoms with van der Waals surface area (Å²) in [5.41, 5.74) is 0.742. The Balaban J connectivity index is 1.67. The molecular weight excluding hydrogens is 408 g/mol. The number of nitrogens with one attached hydrogen (secondary N) is 1. The number of nitrogens with zero attached hydrogens (tertiary/aromatic N) is 3. The number of aromatic nitrogens is 3. The smallest absolute Gasteiger partial charge is 0.248 e. The molecule has 152 valence electrons. The predicted octanol–water partition coefficient (Wildman–Crippen LogP) is 3.58. The Labute approximate surface area is 173 Å². The van der Waals surface area contributed by atoms with E-state index in [1.165, 1.54) is 11.3 Å². The van der Waals surface area contributed by atoms with E-state index < -0.39 is 20.5 Å². The van der Waals surface area contributed by atoms with E-state index in [1.807, 2.05) is 24.7 Å². The molecule has 1 aliphatic carbocycles. The lowest BCUT2D eigenvalue weighted by atomic mass is 10.1. The zero-order valence-electron chi connectivity index (χ0n) is 16.3. The van der Waals surface area contributed by atoms with Gasteiger partial charge in [0.25, 0.3) is 0 Å². The molecule has 0 radical (unpaired) electrons. The summed E-state index contributed by atoms with van der Waals surface area (Å²) >= 11 is 1.30. The summed E-state index contributed by atoms with van der Waals surface area (Å²) < 4.78 is 27.2. The molecule has 1 saturated carbocycles. The number of carbonyl (C=O) groups excluding carboxylic acids is 1. The molecule has 9 heteroatoms. The maximum absolute atomic E-state index is 13.4. The Morgan fingerprint density at radius 3 is 2.52 bits per heavy atom. The van der Waals surface area contributed by atoms with E-state index in [2.05, 4.69) is 15.3 Å². The summed E-state index contributed by atoms with van der Waals surface area (Å²) in [6, 6.07) is 8.22. The van der Waals surface area contributed by atoms with Crippen molar-refractivity contribution in [3.05, 3.63) is 48.4 Å². The highest BCUT2D eigenvalue weighted by Gasteiger charge is 2.53. The first-order valence-electron chi connectivity index (χ1n) is 9.41. The minimum absolute atomic E-state index is 0.182. The number of sulfone groups is 1. The molecule has 0 atom stereocenters. The van der Waals surface area contributed by atoms with Crippen molar-refractivity contribution < 1.29 is 13.2 Å². The van der Waals surface area contributed by atoms with Crippen LogP contribution in [-0.4, -0.2) is 33.6 Å². The number of aryl methyl sites for hydroxylation is 2. The number of hydrogen-bond acceptors (Lipinski definition) is 6. The average molecular weight is 431 g/mol.